The van der Waals surface area contributed by atoms with Gasteiger partial charge in [-0.05, 0) is 0 Å². The van der Waals surface area contributed by atoms with Crippen LogP contribution < -0.4 is 0 Å². The van der Waals surface area contributed by atoms with E-state index in [2.05, 4.69) is 0 Å². The molecule has 0 amide bonds. The molecule has 5 rings (SSSR count). The van der Waals surface area contributed by atoms with Gasteiger partial charge in [-0.15, -0.1) is 58.8 Å². The van der Waals surface area contributed by atoms with E-state index in [1.165, 1.54) is 0 Å². The minimum atomic E-state index is -1.36. The van der Waals surface area contributed by atoms with Crippen LogP contribution in [0.5, 0.6) is 0 Å². The zero-order chi connectivity index (χ0) is 19.0. The molecule has 6 nitrogen and oxygen atoms in total. The molecule has 0 atom stereocenters. The number of nitrogens with zero attached hydrogens (tertiary/aromatic N) is 5. The summed E-state index contributed by atoms with van der Waals surface area (Å²) >= 11 is 8.53. The number of aliphatic imine (C=N–C) groups is 5. The Kier molecular flexibility index (Phi) is 5.92. The third-order valence-electron chi connectivity index (χ3n) is 5.05. The van der Waals surface area contributed by atoms with Crippen molar-refractivity contribution in [2.75, 3.05) is 61.5 Å². The van der Waals surface area contributed by atoms with Crippen LogP contribution in [0, 0.1) is 5.41 Å². The van der Waals surface area contributed by atoms with Crippen LogP contribution in [-0.4, -0.2) is 97.4 Å². The van der Waals surface area contributed by atoms with Gasteiger partial charge in [-0.25, -0.2) is 0 Å². The molecule has 0 saturated carbocycles. The average Bonchev–Trinajstić information content (AvgIpc) is 3.56. The molecule has 5 heterocycles. The molecule has 5 aliphatic heterocycles. The zero-order valence-electron chi connectivity index (χ0n) is 15.3. The number of aliphatic hydroxyl groups is 1. The molecule has 0 bridgehead atoms. The molecule has 28 heavy (non-hydrogen) atoms. The lowest BCUT2D eigenvalue weighted by atomic mass is 9.73. The third-order valence-corrected chi connectivity index (χ3v) is 10.5. The van der Waals surface area contributed by atoms with Crippen LogP contribution in [-0.2, 0) is 0 Å². The van der Waals surface area contributed by atoms with Gasteiger partial charge >= 0.3 is 0 Å². The molecule has 0 radical (unpaired) electrons. The topological polar surface area (TPSA) is 82.0 Å². The summed E-state index contributed by atoms with van der Waals surface area (Å²) < 4.78 is 0. The number of thioether (sulfide) groups is 5. The molecule has 0 unspecified atom stereocenters. The molecule has 11 heteroatoms. The summed E-state index contributed by atoms with van der Waals surface area (Å²) in [5.74, 6) is 4.59. The van der Waals surface area contributed by atoms with E-state index in [0.29, 0.717) is 0 Å². The van der Waals surface area contributed by atoms with Gasteiger partial charge in [0, 0.05) is 61.5 Å². The van der Waals surface area contributed by atoms with Gasteiger partial charge in [0.05, 0.1) is 15.1 Å². The van der Waals surface area contributed by atoms with Crippen molar-refractivity contribution in [1.29, 1.82) is 0 Å². The summed E-state index contributed by atoms with van der Waals surface area (Å²) in [6.07, 6.45) is 0. The van der Waals surface area contributed by atoms with Crippen LogP contribution >= 0.6 is 58.8 Å². The van der Waals surface area contributed by atoms with Gasteiger partial charge in [0.2, 0.25) is 0 Å². The van der Waals surface area contributed by atoms with Crippen molar-refractivity contribution in [3.8, 4) is 0 Å². The van der Waals surface area contributed by atoms with Crippen molar-refractivity contribution in [2.45, 2.75) is 5.60 Å². The molecule has 0 fully saturated rings. The summed E-state index contributed by atoms with van der Waals surface area (Å²) in [4.78, 5) is 24.3. The maximum atomic E-state index is 12.7. The molecule has 0 aromatic rings. The first-order valence-corrected chi connectivity index (χ1v) is 14.3. The van der Waals surface area contributed by atoms with Crippen molar-refractivity contribution < 1.29 is 5.11 Å². The van der Waals surface area contributed by atoms with E-state index in [0.717, 1.165) is 86.7 Å². The highest BCUT2D eigenvalue weighted by atomic mass is 32.2. The van der Waals surface area contributed by atoms with E-state index < -0.39 is 11.0 Å². The van der Waals surface area contributed by atoms with E-state index in [1.807, 2.05) is 0 Å². The lowest BCUT2D eigenvalue weighted by Gasteiger charge is -2.46. The molecule has 0 aromatic carbocycles. The SMILES string of the molecule is OC(C1=NCCS1)(C1=NCCS1)C(C1=NCCS1)(C1=NCCS1)C1=NCCS1. The summed E-state index contributed by atoms with van der Waals surface area (Å²) in [5.41, 5.74) is -2.25. The molecule has 0 aliphatic carbocycles. The van der Waals surface area contributed by atoms with Crippen molar-refractivity contribution in [1.82, 2.24) is 0 Å². The van der Waals surface area contributed by atoms with Crippen LogP contribution in [0.4, 0.5) is 0 Å². The van der Waals surface area contributed by atoms with Gasteiger partial charge in [-0.1, -0.05) is 0 Å². The number of rotatable bonds is 6. The smallest absolute Gasteiger partial charge is 0.183 e. The number of hydrogen-bond donors (Lipinski definition) is 1. The molecule has 0 aromatic heterocycles. The second-order valence-corrected chi connectivity index (χ2v) is 12.1. The van der Waals surface area contributed by atoms with Crippen molar-refractivity contribution in [3.63, 3.8) is 0 Å². The van der Waals surface area contributed by atoms with Gasteiger partial charge < -0.3 is 5.11 Å². The van der Waals surface area contributed by atoms with Gasteiger partial charge in [0.1, 0.15) is 10.1 Å². The highest BCUT2D eigenvalue weighted by Gasteiger charge is 2.67. The quantitative estimate of drug-likeness (QED) is 0.641. The highest BCUT2D eigenvalue weighted by molar-refractivity contribution is 8.19. The van der Waals surface area contributed by atoms with Crippen molar-refractivity contribution in [2.24, 2.45) is 30.4 Å². The van der Waals surface area contributed by atoms with Crippen LogP contribution in [0.1, 0.15) is 0 Å². The first-order valence-electron chi connectivity index (χ1n) is 9.39. The van der Waals surface area contributed by atoms with Crippen LogP contribution in [0.15, 0.2) is 25.0 Å². The largest absolute Gasteiger partial charge is 0.374 e. The Hall–Kier alpha value is 0.0600. The Morgan fingerprint density at radius 3 is 1.04 bits per heavy atom. The fourth-order valence-electron chi connectivity index (χ4n) is 3.94. The average molecular weight is 472 g/mol. The van der Waals surface area contributed by atoms with E-state index in [9.17, 15) is 5.11 Å². The monoisotopic (exact) mass is 471 g/mol. The molecular weight excluding hydrogens is 451 g/mol. The van der Waals surface area contributed by atoms with Gasteiger partial charge in [0.15, 0.2) is 11.0 Å². The predicted octanol–water partition coefficient (Wildman–Crippen LogP) is 2.43. The van der Waals surface area contributed by atoms with Gasteiger partial charge in [-0.2, -0.15) is 0 Å². The fourth-order valence-corrected chi connectivity index (χ4v) is 9.59. The molecular formula is C17H21N5OS5. The maximum Gasteiger partial charge on any atom is 0.183 e. The summed E-state index contributed by atoms with van der Waals surface area (Å²) in [7, 11) is 0. The molecule has 0 saturated heterocycles. The van der Waals surface area contributed by atoms with E-state index in [4.69, 9.17) is 25.0 Å². The Morgan fingerprint density at radius 1 is 0.500 bits per heavy atom. The second-order valence-electron chi connectivity index (χ2n) is 6.64. The Labute approximate surface area is 185 Å². The van der Waals surface area contributed by atoms with Crippen molar-refractivity contribution >= 4 is 84.0 Å². The fraction of sp³-hybridized carbons (Fsp3) is 0.706. The van der Waals surface area contributed by atoms with Crippen LogP contribution in [0.3, 0.4) is 0 Å². The third kappa shape index (κ3) is 2.98. The molecule has 0 spiro atoms. The molecule has 1 N–H and O–H groups in total. The van der Waals surface area contributed by atoms with Gasteiger partial charge in [0.25, 0.3) is 0 Å². The standard InChI is InChI=1S/C17H21N5OS5/c23-17(14-21-4-9-27-14,15-22-5-10-28-15)16(11-18-1-6-24-11,12-19-2-7-25-12)13-20-3-8-26-13/h23H,1-10H2. The summed E-state index contributed by atoms with van der Waals surface area (Å²) in [5, 5.41) is 17.1. The van der Waals surface area contributed by atoms with E-state index in [-0.39, 0.29) is 0 Å². The minimum Gasteiger partial charge on any atom is -0.374 e. The first-order chi connectivity index (χ1) is 13.8. The Balaban J connectivity index is 1.80. The Bertz CT molecular complexity index is 737. The normalized spacial score (nSPS) is 25.7. The van der Waals surface area contributed by atoms with Gasteiger partial charge in [-0.3, -0.25) is 25.0 Å². The predicted molar refractivity (Wildman–Crippen MR) is 131 cm³/mol. The van der Waals surface area contributed by atoms with E-state index in [1.54, 1.807) is 58.8 Å². The maximum absolute atomic E-state index is 12.7. The molecule has 150 valence electrons. The number of hydrogen-bond acceptors (Lipinski definition) is 11. The zero-order valence-corrected chi connectivity index (χ0v) is 19.4. The van der Waals surface area contributed by atoms with Crippen LogP contribution in [0.2, 0.25) is 0 Å². The lowest BCUT2D eigenvalue weighted by Crippen LogP contribution is -2.66. The second kappa shape index (κ2) is 8.30. The van der Waals surface area contributed by atoms with Crippen molar-refractivity contribution in [3.05, 3.63) is 0 Å². The Morgan fingerprint density at radius 2 is 0.786 bits per heavy atom. The highest BCUT2D eigenvalue weighted by Crippen LogP contribution is 2.54. The summed E-state index contributed by atoms with van der Waals surface area (Å²) in [6.45, 7) is 3.78. The first kappa shape index (κ1) is 20.0. The lowest BCUT2D eigenvalue weighted by molar-refractivity contribution is 0.158. The molecule has 5 aliphatic rings. The van der Waals surface area contributed by atoms with E-state index >= 15 is 0 Å². The van der Waals surface area contributed by atoms with Crippen LogP contribution in [0.25, 0.3) is 0 Å². The summed E-state index contributed by atoms with van der Waals surface area (Å²) in [6, 6.07) is 0. The minimum absolute atomic E-state index is 0.731.